The molecule has 0 aliphatic heterocycles. The molecule has 0 aromatic heterocycles. The Kier molecular flexibility index (Phi) is 7.78. The van der Waals surface area contributed by atoms with Crippen LogP contribution in [0.15, 0.2) is 42.5 Å². The quantitative estimate of drug-likeness (QED) is 0.223. The molecule has 1 atom stereocenters. The van der Waals surface area contributed by atoms with Crippen LogP contribution in [0.5, 0.6) is 11.5 Å². The number of ether oxygens (including phenoxy) is 1. The molecule has 10 heteroatoms. The van der Waals surface area contributed by atoms with Crippen molar-refractivity contribution in [2.24, 2.45) is 0 Å². The predicted octanol–water partition coefficient (Wildman–Crippen LogP) is 2.03. The minimum atomic E-state index is -1.46. The molecule has 1 amide bonds. The first-order valence-electron chi connectivity index (χ1n) is 9.47. The predicted molar refractivity (Wildman–Crippen MR) is 109 cm³/mol. The minimum Gasteiger partial charge on any atom is -0.504 e. The fourth-order valence-electron chi connectivity index (χ4n) is 3.06. The van der Waals surface area contributed by atoms with Gasteiger partial charge < -0.3 is 25.1 Å². The summed E-state index contributed by atoms with van der Waals surface area (Å²) in [5.74, 6) is -1.83. The van der Waals surface area contributed by atoms with Gasteiger partial charge in [-0.25, -0.2) is 4.79 Å². The molecule has 1 unspecified atom stereocenters. The summed E-state index contributed by atoms with van der Waals surface area (Å²) in [7, 11) is 0. The Morgan fingerprint density at radius 3 is 2.42 bits per heavy atom. The van der Waals surface area contributed by atoms with Crippen molar-refractivity contribution in [1.29, 1.82) is 0 Å². The van der Waals surface area contributed by atoms with Crippen molar-refractivity contribution in [3.05, 3.63) is 69.3 Å². The molecule has 0 radical (unpaired) electrons. The van der Waals surface area contributed by atoms with Crippen LogP contribution in [0.1, 0.15) is 30.5 Å². The number of aromatic hydroxyl groups is 2. The first-order chi connectivity index (χ1) is 14.6. The van der Waals surface area contributed by atoms with E-state index in [1.165, 1.54) is 25.1 Å². The van der Waals surface area contributed by atoms with Crippen LogP contribution in [0, 0.1) is 10.1 Å². The van der Waals surface area contributed by atoms with E-state index in [1.54, 1.807) is 31.2 Å². The van der Waals surface area contributed by atoms with Crippen molar-refractivity contribution in [1.82, 2.24) is 5.32 Å². The van der Waals surface area contributed by atoms with E-state index < -0.39 is 22.5 Å². The summed E-state index contributed by atoms with van der Waals surface area (Å²) in [4.78, 5) is 40.2. The van der Waals surface area contributed by atoms with Crippen molar-refractivity contribution in [2.45, 2.75) is 38.8 Å². The van der Waals surface area contributed by atoms with Crippen LogP contribution in [0.2, 0.25) is 0 Å². The summed E-state index contributed by atoms with van der Waals surface area (Å²) in [5, 5.41) is 31.4. The number of rotatable bonds is 10. The number of carbonyl (C=O) groups excluding carboxylic acids is 2. The van der Waals surface area contributed by atoms with Gasteiger partial charge in [-0.2, -0.15) is 0 Å². The van der Waals surface area contributed by atoms with Crippen LogP contribution in [0.3, 0.4) is 0 Å². The van der Waals surface area contributed by atoms with Gasteiger partial charge in [-0.3, -0.25) is 4.79 Å². The van der Waals surface area contributed by atoms with Gasteiger partial charge in [-0.1, -0.05) is 30.3 Å². The highest BCUT2D eigenvalue weighted by Gasteiger charge is 2.37. The van der Waals surface area contributed by atoms with E-state index in [0.717, 1.165) is 0 Å². The molecule has 31 heavy (non-hydrogen) atoms. The number of nitrogens with zero attached hydrogens (tertiary/aromatic N) is 1. The summed E-state index contributed by atoms with van der Waals surface area (Å²) >= 11 is 0. The Bertz CT molecular complexity index is 962. The number of hydrogen-bond donors (Lipinski definition) is 3. The van der Waals surface area contributed by atoms with Gasteiger partial charge in [0.05, 0.1) is 13.0 Å². The van der Waals surface area contributed by atoms with Crippen LogP contribution in [-0.4, -0.2) is 39.3 Å². The van der Waals surface area contributed by atoms with E-state index in [1.807, 2.05) is 0 Å². The third-order valence-corrected chi connectivity index (χ3v) is 4.53. The number of hydrogen-bond acceptors (Lipinski definition) is 8. The molecule has 166 valence electrons. The lowest BCUT2D eigenvalue weighted by Gasteiger charge is -2.29. The standard InChI is InChI=1S/C21H24N2O8/c1-3-30-20(27)21(2,12-14-8-9-17(24)18(25)10-14)22-19(26)11-15-6-4-5-7-16(15)13-31-23(28)29/h4-10,24-25H,3,11-13H2,1-2H3,(H,22,26). The normalized spacial score (nSPS) is 12.5. The van der Waals surface area contributed by atoms with Gasteiger partial charge >= 0.3 is 5.97 Å². The summed E-state index contributed by atoms with van der Waals surface area (Å²) in [6.45, 7) is 2.93. The maximum atomic E-state index is 12.8. The van der Waals surface area contributed by atoms with Gasteiger partial charge in [0.15, 0.2) is 11.5 Å². The van der Waals surface area contributed by atoms with Crippen molar-refractivity contribution in [3.63, 3.8) is 0 Å². The lowest BCUT2D eigenvalue weighted by Crippen LogP contribution is -2.55. The maximum absolute atomic E-state index is 12.8. The number of phenolic OH excluding ortho intramolecular Hbond substituents is 2. The van der Waals surface area contributed by atoms with E-state index in [-0.39, 0.29) is 37.6 Å². The van der Waals surface area contributed by atoms with Crippen molar-refractivity contribution < 1.29 is 34.5 Å². The molecular formula is C21H24N2O8. The Morgan fingerprint density at radius 2 is 1.81 bits per heavy atom. The van der Waals surface area contributed by atoms with Gasteiger partial charge in [0.2, 0.25) is 5.91 Å². The number of carbonyl (C=O) groups is 2. The summed E-state index contributed by atoms with van der Waals surface area (Å²) in [6.07, 6.45) is -0.148. The molecule has 0 saturated carbocycles. The highest BCUT2D eigenvalue weighted by molar-refractivity contribution is 5.89. The topological polar surface area (TPSA) is 148 Å². The SMILES string of the molecule is CCOC(=O)C(C)(Cc1ccc(O)c(O)c1)NC(=O)Cc1ccccc1CO[N+](=O)[O-]. The number of esters is 1. The second-order valence-electron chi connectivity index (χ2n) is 7.04. The average Bonchev–Trinajstić information content (AvgIpc) is 2.70. The molecule has 3 N–H and O–H groups in total. The molecule has 0 bridgehead atoms. The third-order valence-electron chi connectivity index (χ3n) is 4.53. The number of nitrogens with one attached hydrogen (secondary N) is 1. The summed E-state index contributed by atoms with van der Waals surface area (Å²) < 4.78 is 5.11. The minimum absolute atomic E-state index is 0.00249. The van der Waals surface area contributed by atoms with Crippen LogP contribution in [-0.2, 0) is 38.6 Å². The lowest BCUT2D eigenvalue weighted by atomic mass is 9.91. The van der Waals surface area contributed by atoms with E-state index in [9.17, 15) is 29.9 Å². The summed E-state index contributed by atoms with van der Waals surface area (Å²) in [5.41, 5.74) is 0.0138. The van der Waals surface area contributed by atoms with Gasteiger partial charge in [0.25, 0.3) is 5.09 Å². The second kappa shape index (κ2) is 10.3. The summed E-state index contributed by atoms with van der Waals surface area (Å²) in [6, 6.07) is 10.7. The van der Waals surface area contributed by atoms with Crippen molar-refractivity contribution in [2.75, 3.05) is 6.61 Å². The van der Waals surface area contributed by atoms with Crippen LogP contribution in [0.25, 0.3) is 0 Å². The molecule has 0 aliphatic carbocycles. The third kappa shape index (κ3) is 6.59. The first-order valence-corrected chi connectivity index (χ1v) is 9.47. The van der Waals surface area contributed by atoms with Gasteiger partial charge in [-0.15, -0.1) is 10.1 Å². The Balaban J connectivity index is 2.21. The zero-order valence-electron chi connectivity index (χ0n) is 17.2. The van der Waals surface area contributed by atoms with Gasteiger partial charge in [-0.05, 0) is 42.7 Å². The monoisotopic (exact) mass is 432 g/mol. The first kappa shape index (κ1) is 23.5. The molecule has 0 saturated heterocycles. The molecule has 2 rings (SSSR count). The van der Waals surface area contributed by atoms with E-state index in [2.05, 4.69) is 10.2 Å². The van der Waals surface area contributed by atoms with Crippen LogP contribution < -0.4 is 5.32 Å². The largest absolute Gasteiger partial charge is 0.504 e. The zero-order valence-corrected chi connectivity index (χ0v) is 17.2. The van der Waals surface area contributed by atoms with E-state index in [4.69, 9.17) is 4.74 Å². The fourth-order valence-corrected chi connectivity index (χ4v) is 3.06. The van der Waals surface area contributed by atoms with Gasteiger partial charge in [0, 0.05) is 6.42 Å². The number of amides is 1. The number of benzene rings is 2. The molecule has 10 nitrogen and oxygen atoms in total. The average molecular weight is 432 g/mol. The Labute approximate surface area is 178 Å². The smallest absolute Gasteiger partial charge is 0.331 e. The van der Waals surface area contributed by atoms with Crippen molar-refractivity contribution >= 4 is 11.9 Å². The molecule has 2 aromatic carbocycles. The molecule has 2 aromatic rings. The molecule has 0 fully saturated rings. The van der Waals surface area contributed by atoms with Gasteiger partial charge in [0.1, 0.15) is 12.1 Å². The van der Waals surface area contributed by atoms with E-state index >= 15 is 0 Å². The number of phenols is 2. The lowest BCUT2D eigenvalue weighted by molar-refractivity contribution is -0.763. The Hall–Kier alpha value is -3.82. The Morgan fingerprint density at radius 1 is 1.13 bits per heavy atom. The van der Waals surface area contributed by atoms with Crippen LogP contribution in [0.4, 0.5) is 0 Å². The zero-order chi connectivity index (χ0) is 23.0. The molecular weight excluding hydrogens is 408 g/mol. The fraction of sp³-hybridized carbons (Fsp3) is 0.333. The molecule has 0 aliphatic rings. The molecule has 0 heterocycles. The second-order valence-corrected chi connectivity index (χ2v) is 7.04. The van der Waals surface area contributed by atoms with E-state index in [0.29, 0.717) is 16.7 Å². The highest BCUT2D eigenvalue weighted by atomic mass is 16.9. The highest BCUT2D eigenvalue weighted by Crippen LogP contribution is 2.27. The van der Waals surface area contributed by atoms with Crippen LogP contribution >= 0.6 is 0 Å². The molecule has 0 spiro atoms. The van der Waals surface area contributed by atoms with Crippen molar-refractivity contribution in [3.8, 4) is 11.5 Å². The maximum Gasteiger partial charge on any atom is 0.331 e.